The Morgan fingerprint density at radius 2 is 1.80 bits per heavy atom. The lowest BCUT2D eigenvalue weighted by molar-refractivity contribution is -0.274. The van der Waals surface area contributed by atoms with Crippen LogP contribution in [0.1, 0.15) is 5.56 Å². The van der Waals surface area contributed by atoms with Crippen LogP contribution in [0.3, 0.4) is 0 Å². The molecule has 2 aromatic heterocycles. The molecule has 0 saturated carbocycles. The monoisotopic (exact) mass is 352 g/mol. The molecule has 0 aliphatic rings. The average molecular weight is 352 g/mol. The Morgan fingerprint density at radius 3 is 2.52 bits per heavy atom. The van der Waals surface area contributed by atoms with E-state index in [-0.39, 0.29) is 5.75 Å². The van der Waals surface area contributed by atoms with E-state index in [1.54, 1.807) is 12.1 Å². The summed E-state index contributed by atoms with van der Waals surface area (Å²) in [6.45, 7) is 0.447. The van der Waals surface area contributed by atoms with Crippen LogP contribution in [0, 0.1) is 5.82 Å². The lowest BCUT2D eigenvalue weighted by Crippen LogP contribution is -2.17. The van der Waals surface area contributed by atoms with Crippen molar-refractivity contribution in [2.75, 3.05) is 11.9 Å². The molecule has 0 atom stereocenters. The van der Waals surface area contributed by atoms with Gasteiger partial charge in [-0.05, 0) is 30.2 Å². The van der Waals surface area contributed by atoms with Crippen LogP contribution < -0.4 is 10.1 Å². The Kier molecular flexibility index (Phi) is 4.64. The fourth-order valence-corrected chi connectivity index (χ4v) is 2.24. The van der Waals surface area contributed by atoms with E-state index in [1.807, 2.05) is 0 Å². The Hall–Kier alpha value is -2.97. The van der Waals surface area contributed by atoms with Gasteiger partial charge in [-0.2, -0.15) is 0 Å². The van der Waals surface area contributed by atoms with Crippen LogP contribution in [-0.4, -0.2) is 27.9 Å². The first-order valence-electron chi connectivity index (χ1n) is 7.25. The number of aromatic nitrogens is 3. The Bertz CT molecular complexity index is 868. The van der Waals surface area contributed by atoms with Crippen LogP contribution in [0.4, 0.5) is 23.4 Å². The fourth-order valence-electron chi connectivity index (χ4n) is 2.24. The predicted molar refractivity (Wildman–Crippen MR) is 82.6 cm³/mol. The summed E-state index contributed by atoms with van der Waals surface area (Å²) in [5.41, 5.74) is 1.18. The summed E-state index contributed by atoms with van der Waals surface area (Å²) in [6.07, 6.45) is -1.79. The highest BCUT2D eigenvalue weighted by molar-refractivity contribution is 5.85. The van der Waals surface area contributed by atoms with Gasteiger partial charge in [-0.1, -0.05) is 12.1 Å². The lowest BCUT2D eigenvalue weighted by Gasteiger charge is -2.10. The molecular formula is C16H12F4N4O. The Morgan fingerprint density at radius 1 is 1.04 bits per heavy atom. The summed E-state index contributed by atoms with van der Waals surface area (Å²) in [5, 5.41) is 3.50. The van der Waals surface area contributed by atoms with E-state index in [9.17, 15) is 17.6 Å². The first-order chi connectivity index (χ1) is 11.9. The van der Waals surface area contributed by atoms with Crippen LogP contribution in [0.2, 0.25) is 0 Å². The van der Waals surface area contributed by atoms with Crippen LogP contribution in [0.5, 0.6) is 5.75 Å². The van der Waals surface area contributed by atoms with Gasteiger partial charge in [-0.15, -0.1) is 13.2 Å². The molecule has 1 aromatic carbocycles. The van der Waals surface area contributed by atoms with Crippen molar-refractivity contribution in [3.8, 4) is 5.75 Å². The molecule has 25 heavy (non-hydrogen) atoms. The third-order valence-electron chi connectivity index (χ3n) is 3.32. The van der Waals surface area contributed by atoms with E-state index >= 15 is 0 Å². The second kappa shape index (κ2) is 6.88. The van der Waals surface area contributed by atoms with E-state index in [0.717, 1.165) is 11.8 Å². The SMILES string of the molecule is Fc1cnc2ncnc(NCCc3ccc(OC(F)(F)F)cc3)c2c1. The van der Waals surface area contributed by atoms with E-state index < -0.39 is 12.2 Å². The number of rotatable bonds is 5. The van der Waals surface area contributed by atoms with Crippen molar-refractivity contribution in [3.05, 3.63) is 54.2 Å². The van der Waals surface area contributed by atoms with E-state index in [1.165, 1.54) is 24.5 Å². The number of anilines is 1. The molecule has 0 aliphatic carbocycles. The van der Waals surface area contributed by atoms with Crippen LogP contribution in [0.15, 0.2) is 42.9 Å². The molecule has 5 nitrogen and oxygen atoms in total. The molecule has 0 radical (unpaired) electrons. The van der Waals surface area contributed by atoms with Crippen molar-refractivity contribution in [1.29, 1.82) is 0 Å². The van der Waals surface area contributed by atoms with Crippen LogP contribution >= 0.6 is 0 Å². The Balaban J connectivity index is 1.62. The number of halogens is 4. The number of benzene rings is 1. The molecule has 0 amide bonds. The van der Waals surface area contributed by atoms with Crippen LogP contribution in [0.25, 0.3) is 11.0 Å². The molecule has 1 N–H and O–H groups in total. The van der Waals surface area contributed by atoms with E-state index in [4.69, 9.17) is 0 Å². The molecular weight excluding hydrogens is 340 g/mol. The topological polar surface area (TPSA) is 59.9 Å². The molecule has 9 heteroatoms. The molecule has 2 heterocycles. The second-order valence-electron chi connectivity index (χ2n) is 5.12. The number of nitrogens with one attached hydrogen (secondary N) is 1. The quantitative estimate of drug-likeness (QED) is 0.709. The molecule has 0 fully saturated rings. The zero-order valence-electron chi connectivity index (χ0n) is 12.7. The maximum absolute atomic E-state index is 13.3. The number of fused-ring (bicyclic) bond motifs is 1. The van der Waals surface area contributed by atoms with E-state index in [2.05, 4.69) is 25.0 Å². The predicted octanol–water partition coefficient (Wildman–Crippen LogP) is 3.72. The van der Waals surface area contributed by atoms with Crippen molar-refractivity contribution < 1.29 is 22.3 Å². The van der Waals surface area contributed by atoms with Gasteiger partial charge in [-0.25, -0.2) is 19.3 Å². The third-order valence-corrected chi connectivity index (χ3v) is 3.32. The van der Waals surface area contributed by atoms with Crippen molar-refractivity contribution in [2.45, 2.75) is 12.8 Å². The van der Waals surface area contributed by atoms with E-state index in [0.29, 0.717) is 29.8 Å². The smallest absolute Gasteiger partial charge is 0.406 e. The van der Waals surface area contributed by atoms with Gasteiger partial charge in [0.25, 0.3) is 0 Å². The molecule has 130 valence electrons. The highest BCUT2D eigenvalue weighted by Crippen LogP contribution is 2.23. The summed E-state index contributed by atoms with van der Waals surface area (Å²) in [4.78, 5) is 11.9. The van der Waals surface area contributed by atoms with Crippen molar-refractivity contribution >= 4 is 16.9 Å². The zero-order valence-corrected chi connectivity index (χ0v) is 12.7. The highest BCUT2D eigenvalue weighted by Gasteiger charge is 2.30. The summed E-state index contributed by atoms with van der Waals surface area (Å²) in [5.74, 6) is -0.327. The highest BCUT2D eigenvalue weighted by atomic mass is 19.4. The average Bonchev–Trinajstić information content (AvgIpc) is 2.55. The fraction of sp³-hybridized carbons (Fsp3) is 0.188. The lowest BCUT2D eigenvalue weighted by atomic mass is 10.1. The molecule has 0 bridgehead atoms. The molecule has 0 saturated heterocycles. The third kappa shape index (κ3) is 4.52. The molecule has 0 spiro atoms. The second-order valence-corrected chi connectivity index (χ2v) is 5.12. The maximum Gasteiger partial charge on any atom is 0.573 e. The van der Waals surface area contributed by atoms with Gasteiger partial charge in [-0.3, -0.25) is 0 Å². The first-order valence-corrected chi connectivity index (χ1v) is 7.25. The van der Waals surface area contributed by atoms with Gasteiger partial charge in [0.2, 0.25) is 0 Å². The summed E-state index contributed by atoms with van der Waals surface area (Å²) in [7, 11) is 0. The molecule has 0 aliphatic heterocycles. The normalized spacial score (nSPS) is 11.5. The Labute approximate surface area is 139 Å². The summed E-state index contributed by atoms with van der Waals surface area (Å²) < 4.78 is 53.5. The standard InChI is InChI=1S/C16H12F4N4O/c17-11-7-13-14(23-9-24-15(13)22-8-11)21-6-5-10-1-3-12(4-2-10)25-16(18,19)20/h1-4,7-9H,5-6H2,(H,21,22,23,24). The number of hydrogen-bond acceptors (Lipinski definition) is 5. The molecule has 3 aromatic rings. The van der Waals surface area contributed by atoms with Gasteiger partial charge in [0.05, 0.1) is 11.6 Å². The van der Waals surface area contributed by atoms with Crippen molar-refractivity contribution in [2.24, 2.45) is 0 Å². The van der Waals surface area contributed by atoms with Crippen molar-refractivity contribution in [1.82, 2.24) is 15.0 Å². The van der Waals surface area contributed by atoms with Crippen LogP contribution in [-0.2, 0) is 6.42 Å². The van der Waals surface area contributed by atoms with Gasteiger partial charge >= 0.3 is 6.36 Å². The molecule has 3 rings (SSSR count). The number of alkyl halides is 3. The number of hydrogen-bond donors (Lipinski definition) is 1. The van der Waals surface area contributed by atoms with Gasteiger partial charge in [0.15, 0.2) is 5.65 Å². The number of ether oxygens (including phenoxy) is 1. The largest absolute Gasteiger partial charge is 0.573 e. The molecule has 0 unspecified atom stereocenters. The van der Waals surface area contributed by atoms with Crippen molar-refractivity contribution in [3.63, 3.8) is 0 Å². The van der Waals surface area contributed by atoms with Gasteiger partial charge in [0.1, 0.15) is 23.7 Å². The summed E-state index contributed by atoms with van der Waals surface area (Å²) >= 11 is 0. The minimum atomic E-state index is -4.71. The zero-order chi connectivity index (χ0) is 17.9. The summed E-state index contributed by atoms with van der Waals surface area (Å²) in [6, 6.07) is 6.88. The maximum atomic E-state index is 13.3. The minimum absolute atomic E-state index is 0.271. The van der Waals surface area contributed by atoms with Gasteiger partial charge < -0.3 is 10.1 Å². The number of nitrogens with zero attached hydrogens (tertiary/aromatic N) is 3. The first kappa shape index (κ1) is 16.9. The van der Waals surface area contributed by atoms with Gasteiger partial charge in [0, 0.05) is 6.54 Å². The number of pyridine rings is 1. The minimum Gasteiger partial charge on any atom is -0.406 e.